The summed E-state index contributed by atoms with van der Waals surface area (Å²) in [6.07, 6.45) is 0. The van der Waals surface area contributed by atoms with Crippen molar-refractivity contribution < 1.29 is 14.6 Å². The van der Waals surface area contributed by atoms with Crippen molar-refractivity contribution >= 4 is 34.8 Å². The first-order valence-corrected chi connectivity index (χ1v) is 12.9. The lowest BCUT2D eigenvalue weighted by Crippen LogP contribution is -2.30. The highest BCUT2D eigenvalue weighted by Crippen LogP contribution is 2.48. The number of rotatable bonds is 6. The molecule has 0 spiro atoms. The molecule has 1 aromatic heterocycles. The molecule has 2 heterocycles. The first-order valence-electron chi connectivity index (χ1n) is 12.1. The van der Waals surface area contributed by atoms with Gasteiger partial charge in [-0.3, -0.25) is 9.69 Å². The van der Waals surface area contributed by atoms with E-state index in [-0.39, 0.29) is 24.6 Å². The minimum Gasteiger partial charge on any atom is -0.496 e. The van der Waals surface area contributed by atoms with Crippen molar-refractivity contribution in [2.45, 2.75) is 39.5 Å². The van der Waals surface area contributed by atoms with Crippen LogP contribution in [0.25, 0.3) is 11.3 Å². The van der Waals surface area contributed by atoms with Crippen molar-refractivity contribution in [3.05, 3.63) is 105 Å². The van der Waals surface area contributed by atoms with Crippen molar-refractivity contribution in [3.63, 3.8) is 0 Å². The van der Waals surface area contributed by atoms with Crippen molar-refractivity contribution in [1.82, 2.24) is 4.57 Å². The third kappa shape index (κ3) is 4.31. The number of methoxy groups -OCH3 is 1. The second-order valence-corrected chi connectivity index (χ2v) is 10.4. The minimum absolute atomic E-state index is 0.0317. The lowest BCUT2D eigenvalue weighted by Gasteiger charge is -2.30. The molecular formula is C30H28Cl2N2O3. The van der Waals surface area contributed by atoms with Gasteiger partial charge in [0, 0.05) is 27.3 Å². The van der Waals surface area contributed by atoms with Crippen LogP contribution in [0.4, 0.5) is 5.69 Å². The number of aromatic nitrogens is 1. The standard InChI is InChI=1S/C30H28Cl2N2O3/c1-17(2)33-26(23-13-19(16-35)6-12-27(23)37-4)15-24-29(33)28(20-7-10-21(31)11-8-20)34(30(24)36)25-14-22(32)9-5-18(25)3/h5-15,17,28,35H,16H2,1-4H3. The van der Waals surface area contributed by atoms with E-state index in [0.29, 0.717) is 21.4 Å². The summed E-state index contributed by atoms with van der Waals surface area (Å²) in [5.41, 5.74) is 6.64. The smallest absolute Gasteiger partial charge is 0.261 e. The van der Waals surface area contributed by atoms with Gasteiger partial charge in [0.05, 0.1) is 30.7 Å². The Morgan fingerprint density at radius 1 is 0.946 bits per heavy atom. The number of aryl methyl sites for hydroxylation is 1. The molecule has 4 aromatic rings. The maximum absolute atomic E-state index is 14.2. The van der Waals surface area contributed by atoms with Crippen LogP contribution >= 0.6 is 23.2 Å². The zero-order valence-corrected chi connectivity index (χ0v) is 22.6. The normalized spacial score (nSPS) is 15.0. The molecule has 1 unspecified atom stereocenters. The van der Waals surface area contributed by atoms with Gasteiger partial charge in [-0.25, -0.2) is 0 Å². The number of halogens is 2. The summed E-state index contributed by atoms with van der Waals surface area (Å²) >= 11 is 12.6. The molecule has 1 atom stereocenters. The number of carbonyl (C=O) groups excluding carboxylic acids is 1. The number of ether oxygens (including phenoxy) is 1. The van der Waals surface area contributed by atoms with Crippen LogP contribution < -0.4 is 9.64 Å². The summed E-state index contributed by atoms with van der Waals surface area (Å²) in [5.74, 6) is 0.576. The Morgan fingerprint density at radius 2 is 1.65 bits per heavy atom. The molecule has 1 N–H and O–H groups in total. The molecule has 5 nitrogen and oxygen atoms in total. The van der Waals surface area contributed by atoms with Crippen LogP contribution in [0.5, 0.6) is 5.75 Å². The summed E-state index contributed by atoms with van der Waals surface area (Å²) in [4.78, 5) is 16.0. The molecule has 1 aliphatic heterocycles. The number of amides is 1. The highest BCUT2D eigenvalue weighted by molar-refractivity contribution is 6.31. The fourth-order valence-electron chi connectivity index (χ4n) is 5.22. The topological polar surface area (TPSA) is 54.7 Å². The van der Waals surface area contributed by atoms with E-state index in [1.54, 1.807) is 7.11 Å². The van der Waals surface area contributed by atoms with Gasteiger partial charge < -0.3 is 14.4 Å². The molecule has 0 saturated carbocycles. The molecule has 1 amide bonds. The average molecular weight is 535 g/mol. The van der Waals surface area contributed by atoms with Gasteiger partial charge in [0.1, 0.15) is 11.8 Å². The lowest BCUT2D eigenvalue weighted by molar-refractivity contribution is 0.0993. The van der Waals surface area contributed by atoms with Gasteiger partial charge in [0.2, 0.25) is 0 Å². The fraction of sp³-hybridized carbons (Fsp3) is 0.233. The number of nitrogens with zero attached hydrogens (tertiary/aromatic N) is 2. The van der Waals surface area contributed by atoms with Crippen LogP contribution in [-0.2, 0) is 6.61 Å². The fourth-order valence-corrected chi connectivity index (χ4v) is 5.51. The van der Waals surface area contributed by atoms with E-state index in [1.165, 1.54) is 0 Å². The largest absolute Gasteiger partial charge is 0.496 e. The molecule has 5 rings (SSSR count). The highest BCUT2D eigenvalue weighted by atomic mass is 35.5. The zero-order chi connectivity index (χ0) is 26.4. The monoisotopic (exact) mass is 534 g/mol. The van der Waals surface area contributed by atoms with E-state index >= 15 is 0 Å². The van der Waals surface area contributed by atoms with Crippen LogP contribution in [0.3, 0.4) is 0 Å². The lowest BCUT2D eigenvalue weighted by atomic mass is 10.0. The second-order valence-electron chi connectivity index (χ2n) is 9.55. The third-order valence-corrected chi connectivity index (χ3v) is 7.38. The molecule has 37 heavy (non-hydrogen) atoms. The van der Waals surface area contributed by atoms with E-state index in [1.807, 2.05) is 78.6 Å². The predicted octanol–water partition coefficient (Wildman–Crippen LogP) is 7.60. The van der Waals surface area contributed by atoms with Crippen molar-refractivity contribution in [3.8, 4) is 17.0 Å². The van der Waals surface area contributed by atoms with Crippen LogP contribution in [0.15, 0.2) is 66.7 Å². The number of hydrogen-bond donors (Lipinski definition) is 1. The van der Waals surface area contributed by atoms with E-state index in [2.05, 4.69) is 18.4 Å². The molecule has 0 saturated heterocycles. The van der Waals surface area contributed by atoms with Gasteiger partial charge >= 0.3 is 0 Å². The van der Waals surface area contributed by atoms with E-state index < -0.39 is 0 Å². The van der Waals surface area contributed by atoms with Crippen LogP contribution in [0.1, 0.15) is 58.7 Å². The molecule has 0 fully saturated rings. The Hall–Kier alpha value is -3.25. The average Bonchev–Trinajstić information content (AvgIpc) is 3.41. The Labute approximate surface area is 226 Å². The van der Waals surface area contributed by atoms with Crippen LogP contribution in [0, 0.1) is 6.92 Å². The number of hydrogen-bond acceptors (Lipinski definition) is 3. The second kappa shape index (κ2) is 9.90. The molecule has 190 valence electrons. The molecule has 0 aliphatic carbocycles. The molecule has 1 aliphatic rings. The quantitative estimate of drug-likeness (QED) is 0.277. The predicted molar refractivity (Wildman–Crippen MR) is 149 cm³/mol. The van der Waals surface area contributed by atoms with Gasteiger partial charge in [0.25, 0.3) is 5.91 Å². The Balaban J connectivity index is 1.80. The number of aliphatic hydroxyl groups excluding tert-OH is 1. The summed E-state index contributed by atoms with van der Waals surface area (Å²) in [5, 5.41) is 11.0. The van der Waals surface area contributed by atoms with E-state index in [0.717, 1.165) is 39.3 Å². The number of anilines is 1. The summed E-state index contributed by atoms with van der Waals surface area (Å²) in [6, 6.07) is 20.4. The maximum atomic E-state index is 14.2. The maximum Gasteiger partial charge on any atom is 0.261 e. The third-order valence-electron chi connectivity index (χ3n) is 6.90. The number of aliphatic hydroxyl groups is 1. The van der Waals surface area contributed by atoms with Crippen LogP contribution in [0.2, 0.25) is 10.0 Å². The zero-order valence-electron chi connectivity index (χ0n) is 21.1. The number of fused-ring (bicyclic) bond motifs is 1. The molecule has 7 heteroatoms. The van der Waals surface area contributed by atoms with Gasteiger partial charge in [-0.05, 0) is 79.9 Å². The summed E-state index contributed by atoms with van der Waals surface area (Å²) < 4.78 is 7.89. The molecule has 0 bridgehead atoms. The van der Waals surface area contributed by atoms with Crippen molar-refractivity contribution in [2.75, 3.05) is 12.0 Å². The Bertz CT molecular complexity index is 1490. The van der Waals surface area contributed by atoms with Gasteiger partial charge in [0.15, 0.2) is 0 Å². The van der Waals surface area contributed by atoms with Gasteiger partial charge in [-0.15, -0.1) is 0 Å². The SMILES string of the molecule is COc1ccc(CO)cc1-c1cc2c(n1C(C)C)C(c1ccc(Cl)cc1)N(c1cc(Cl)ccc1C)C2=O. The minimum atomic E-state index is -0.389. The summed E-state index contributed by atoms with van der Waals surface area (Å²) in [7, 11) is 1.62. The first kappa shape index (κ1) is 25.4. The molecular weight excluding hydrogens is 507 g/mol. The van der Waals surface area contributed by atoms with Crippen molar-refractivity contribution in [2.24, 2.45) is 0 Å². The Morgan fingerprint density at radius 3 is 2.30 bits per heavy atom. The van der Waals surface area contributed by atoms with Gasteiger partial charge in [-0.2, -0.15) is 0 Å². The number of carbonyl (C=O) groups is 1. The Kier molecular flexibility index (Phi) is 6.80. The van der Waals surface area contributed by atoms with Gasteiger partial charge in [-0.1, -0.05) is 47.5 Å². The molecule has 3 aromatic carbocycles. The molecule has 0 radical (unpaired) electrons. The van der Waals surface area contributed by atoms with Crippen molar-refractivity contribution in [1.29, 1.82) is 0 Å². The number of benzene rings is 3. The summed E-state index contributed by atoms with van der Waals surface area (Å²) in [6.45, 7) is 6.09. The first-order chi connectivity index (χ1) is 17.7. The highest BCUT2D eigenvalue weighted by Gasteiger charge is 2.43. The van der Waals surface area contributed by atoms with E-state index in [9.17, 15) is 9.90 Å². The van der Waals surface area contributed by atoms with Crippen LogP contribution in [-0.4, -0.2) is 22.7 Å². The van der Waals surface area contributed by atoms with E-state index in [4.69, 9.17) is 27.9 Å².